The van der Waals surface area contributed by atoms with Crippen molar-refractivity contribution in [3.8, 4) is 0 Å². The number of carboxylic acid groups (broad SMARTS) is 1. The number of benzene rings is 1. The van der Waals surface area contributed by atoms with Crippen molar-refractivity contribution in [2.45, 2.75) is 13.3 Å². The standard InChI is InChI=1S/C13H14N2O4/c1-2-14-11(16)7-15-10-5-9(13(18)19)4-3-8(10)6-12(15)17/h3-5H,2,6-7H2,1H3,(H,14,16)(H,18,19). The van der Waals surface area contributed by atoms with Gasteiger partial charge in [0, 0.05) is 12.2 Å². The highest BCUT2D eigenvalue weighted by molar-refractivity contribution is 6.06. The smallest absolute Gasteiger partial charge is 0.335 e. The highest BCUT2D eigenvalue weighted by atomic mass is 16.4. The molecule has 2 amide bonds. The van der Waals surface area contributed by atoms with Crippen LogP contribution in [0.4, 0.5) is 5.69 Å². The van der Waals surface area contributed by atoms with Crippen LogP contribution in [0.15, 0.2) is 18.2 Å². The number of hydrogen-bond donors (Lipinski definition) is 2. The average Bonchev–Trinajstić information content (AvgIpc) is 2.65. The van der Waals surface area contributed by atoms with E-state index >= 15 is 0 Å². The second-order valence-electron chi connectivity index (χ2n) is 4.26. The van der Waals surface area contributed by atoms with Crippen LogP contribution in [0.25, 0.3) is 0 Å². The minimum Gasteiger partial charge on any atom is -0.478 e. The molecule has 2 N–H and O–H groups in total. The molecule has 6 heteroatoms. The van der Waals surface area contributed by atoms with Crippen LogP contribution >= 0.6 is 0 Å². The third-order valence-electron chi connectivity index (χ3n) is 2.94. The molecular weight excluding hydrogens is 248 g/mol. The largest absolute Gasteiger partial charge is 0.478 e. The van der Waals surface area contributed by atoms with Crippen molar-refractivity contribution in [2.75, 3.05) is 18.0 Å². The highest BCUT2D eigenvalue weighted by Crippen LogP contribution is 2.29. The molecule has 0 spiro atoms. The molecule has 100 valence electrons. The SMILES string of the molecule is CCNC(=O)CN1C(=O)Cc2ccc(C(=O)O)cc21. The maximum atomic E-state index is 11.9. The van der Waals surface area contributed by atoms with Gasteiger partial charge in [-0.15, -0.1) is 0 Å². The van der Waals surface area contributed by atoms with Crippen LogP contribution in [0.1, 0.15) is 22.8 Å². The predicted octanol–water partition coefficient (Wildman–Crippen LogP) is 0.410. The van der Waals surface area contributed by atoms with E-state index in [1.807, 2.05) is 0 Å². The van der Waals surface area contributed by atoms with Gasteiger partial charge in [-0.25, -0.2) is 4.79 Å². The van der Waals surface area contributed by atoms with E-state index in [9.17, 15) is 14.4 Å². The van der Waals surface area contributed by atoms with Crippen molar-refractivity contribution in [1.82, 2.24) is 5.32 Å². The van der Waals surface area contributed by atoms with Crippen molar-refractivity contribution >= 4 is 23.5 Å². The first-order valence-corrected chi connectivity index (χ1v) is 5.96. The molecule has 1 aliphatic heterocycles. The van der Waals surface area contributed by atoms with Gasteiger partial charge in [-0.3, -0.25) is 9.59 Å². The lowest BCUT2D eigenvalue weighted by molar-refractivity contribution is -0.123. The van der Waals surface area contributed by atoms with E-state index in [4.69, 9.17) is 5.11 Å². The summed E-state index contributed by atoms with van der Waals surface area (Å²) >= 11 is 0. The summed E-state index contributed by atoms with van der Waals surface area (Å²) in [4.78, 5) is 35.7. The number of anilines is 1. The summed E-state index contributed by atoms with van der Waals surface area (Å²) in [7, 11) is 0. The van der Waals surface area contributed by atoms with E-state index in [0.717, 1.165) is 5.56 Å². The van der Waals surface area contributed by atoms with E-state index < -0.39 is 5.97 Å². The zero-order valence-corrected chi connectivity index (χ0v) is 10.5. The van der Waals surface area contributed by atoms with Crippen LogP contribution < -0.4 is 10.2 Å². The van der Waals surface area contributed by atoms with E-state index in [0.29, 0.717) is 12.2 Å². The number of fused-ring (bicyclic) bond motifs is 1. The van der Waals surface area contributed by atoms with Gasteiger partial charge in [0.15, 0.2) is 0 Å². The van der Waals surface area contributed by atoms with E-state index in [1.54, 1.807) is 13.0 Å². The Morgan fingerprint density at radius 3 is 2.79 bits per heavy atom. The molecule has 0 aliphatic carbocycles. The normalized spacial score (nSPS) is 13.3. The number of nitrogens with zero attached hydrogens (tertiary/aromatic N) is 1. The second kappa shape index (κ2) is 5.09. The van der Waals surface area contributed by atoms with Gasteiger partial charge in [-0.2, -0.15) is 0 Å². The zero-order valence-electron chi connectivity index (χ0n) is 10.5. The van der Waals surface area contributed by atoms with Crippen LogP contribution in [0.3, 0.4) is 0 Å². The number of carboxylic acids is 1. The summed E-state index contributed by atoms with van der Waals surface area (Å²) in [5.41, 5.74) is 1.37. The number of carbonyl (C=O) groups excluding carboxylic acids is 2. The van der Waals surface area contributed by atoms with Gasteiger partial charge in [0.25, 0.3) is 0 Å². The van der Waals surface area contributed by atoms with Crippen molar-refractivity contribution in [3.63, 3.8) is 0 Å². The fourth-order valence-electron chi connectivity index (χ4n) is 2.06. The third-order valence-corrected chi connectivity index (χ3v) is 2.94. The fourth-order valence-corrected chi connectivity index (χ4v) is 2.06. The average molecular weight is 262 g/mol. The second-order valence-corrected chi connectivity index (χ2v) is 4.26. The molecule has 0 radical (unpaired) electrons. The number of carbonyl (C=O) groups is 3. The summed E-state index contributed by atoms with van der Waals surface area (Å²) in [6.45, 7) is 2.20. The molecule has 0 saturated heterocycles. The van der Waals surface area contributed by atoms with Crippen molar-refractivity contribution in [1.29, 1.82) is 0 Å². The molecule has 2 rings (SSSR count). The minimum absolute atomic E-state index is 0.0806. The number of amides is 2. The summed E-state index contributed by atoms with van der Waals surface area (Å²) in [6.07, 6.45) is 0.203. The van der Waals surface area contributed by atoms with Gasteiger partial charge in [0.1, 0.15) is 6.54 Å². The summed E-state index contributed by atoms with van der Waals surface area (Å²) in [5, 5.41) is 11.6. The Labute approximate surface area is 110 Å². The van der Waals surface area contributed by atoms with Gasteiger partial charge in [0.2, 0.25) is 11.8 Å². The molecule has 0 unspecified atom stereocenters. The molecule has 0 saturated carbocycles. The van der Waals surface area contributed by atoms with Crippen LogP contribution in [0, 0.1) is 0 Å². The lowest BCUT2D eigenvalue weighted by atomic mass is 10.1. The molecule has 0 fully saturated rings. The fraction of sp³-hybridized carbons (Fsp3) is 0.308. The molecule has 0 bridgehead atoms. The molecular formula is C13H14N2O4. The number of likely N-dealkylation sites (N-methyl/N-ethyl adjacent to an activating group) is 1. The maximum Gasteiger partial charge on any atom is 0.335 e. The monoisotopic (exact) mass is 262 g/mol. The Morgan fingerprint density at radius 1 is 1.42 bits per heavy atom. The lowest BCUT2D eigenvalue weighted by Gasteiger charge is -2.17. The highest BCUT2D eigenvalue weighted by Gasteiger charge is 2.29. The van der Waals surface area contributed by atoms with Gasteiger partial charge in [0.05, 0.1) is 12.0 Å². The maximum absolute atomic E-state index is 11.9. The van der Waals surface area contributed by atoms with E-state index in [1.165, 1.54) is 17.0 Å². The van der Waals surface area contributed by atoms with Crippen LogP contribution in [0.2, 0.25) is 0 Å². The zero-order chi connectivity index (χ0) is 14.0. The first-order chi connectivity index (χ1) is 9.02. The molecule has 0 atom stereocenters. The Morgan fingerprint density at radius 2 is 2.16 bits per heavy atom. The van der Waals surface area contributed by atoms with Crippen molar-refractivity contribution in [3.05, 3.63) is 29.3 Å². The van der Waals surface area contributed by atoms with Gasteiger partial charge < -0.3 is 15.3 Å². The minimum atomic E-state index is -1.06. The quantitative estimate of drug-likeness (QED) is 0.822. The number of aromatic carboxylic acids is 1. The Balaban J connectivity index is 2.28. The van der Waals surface area contributed by atoms with E-state index in [2.05, 4.69) is 5.32 Å². The van der Waals surface area contributed by atoms with Crippen molar-refractivity contribution < 1.29 is 19.5 Å². The molecule has 1 aliphatic rings. The van der Waals surface area contributed by atoms with Gasteiger partial charge in [-0.05, 0) is 24.6 Å². The first-order valence-electron chi connectivity index (χ1n) is 5.96. The predicted molar refractivity (Wildman–Crippen MR) is 68.1 cm³/mol. The van der Waals surface area contributed by atoms with Crippen LogP contribution in [0.5, 0.6) is 0 Å². The van der Waals surface area contributed by atoms with Crippen LogP contribution in [-0.4, -0.2) is 36.0 Å². The van der Waals surface area contributed by atoms with Gasteiger partial charge in [-0.1, -0.05) is 6.07 Å². The molecule has 1 aromatic carbocycles. The van der Waals surface area contributed by atoms with E-state index in [-0.39, 0.29) is 30.3 Å². The Bertz CT molecular complexity index is 554. The molecule has 19 heavy (non-hydrogen) atoms. The lowest BCUT2D eigenvalue weighted by Crippen LogP contribution is -2.38. The molecule has 0 aromatic heterocycles. The number of hydrogen-bond acceptors (Lipinski definition) is 3. The molecule has 6 nitrogen and oxygen atoms in total. The first kappa shape index (κ1) is 13.1. The third kappa shape index (κ3) is 2.57. The topological polar surface area (TPSA) is 86.7 Å². The molecule has 1 heterocycles. The van der Waals surface area contributed by atoms with Gasteiger partial charge >= 0.3 is 5.97 Å². The summed E-state index contributed by atoms with van der Waals surface area (Å²) in [5.74, 6) is -1.51. The Hall–Kier alpha value is -2.37. The summed E-state index contributed by atoms with van der Waals surface area (Å²) in [6, 6.07) is 4.51. The van der Waals surface area contributed by atoms with Crippen LogP contribution in [-0.2, 0) is 16.0 Å². The number of nitrogens with one attached hydrogen (secondary N) is 1. The van der Waals surface area contributed by atoms with Crippen molar-refractivity contribution in [2.24, 2.45) is 0 Å². The summed E-state index contributed by atoms with van der Waals surface area (Å²) < 4.78 is 0. The Kier molecular flexibility index (Phi) is 3.50. The number of rotatable bonds is 4. The molecule has 1 aromatic rings.